The molecule has 1 atom stereocenters. The topological polar surface area (TPSA) is 35.5 Å². The van der Waals surface area contributed by atoms with Crippen molar-refractivity contribution in [3.8, 4) is 0 Å². The zero-order valence-corrected chi connectivity index (χ0v) is 14.8. The molecule has 3 nitrogen and oxygen atoms in total. The van der Waals surface area contributed by atoms with Crippen LogP contribution >= 0.6 is 0 Å². The van der Waals surface area contributed by atoms with Gasteiger partial charge >= 0.3 is 0 Å². The quantitative estimate of drug-likeness (QED) is 0.846. The summed E-state index contributed by atoms with van der Waals surface area (Å²) in [4.78, 5) is 2.36. The number of halogens is 1. The van der Waals surface area contributed by atoms with Crippen LogP contribution in [0.1, 0.15) is 30.9 Å². The fourth-order valence-electron chi connectivity index (χ4n) is 3.43. The van der Waals surface area contributed by atoms with E-state index in [1.165, 1.54) is 6.07 Å². The Bertz CT molecular complexity index is 667. The lowest BCUT2D eigenvalue weighted by atomic mass is 9.95. The van der Waals surface area contributed by atoms with Crippen LogP contribution in [-0.4, -0.2) is 35.7 Å². The minimum absolute atomic E-state index is 0.169. The molecule has 2 N–H and O–H groups in total. The lowest BCUT2D eigenvalue weighted by Gasteiger charge is -2.34. The van der Waals surface area contributed by atoms with Gasteiger partial charge in [0.2, 0.25) is 0 Å². The SMILES string of the molecule is C[C@](O)(CNC1CCN(Cc2cccc(F)c2)CC1)c1ccccc1. The van der Waals surface area contributed by atoms with Gasteiger partial charge in [-0.3, -0.25) is 4.90 Å². The zero-order valence-electron chi connectivity index (χ0n) is 14.8. The Kier molecular flexibility index (Phi) is 5.84. The van der Waals surface area contributed by atoms with Crippen molar-refractivity contribution in [3.63, 3.8) is 0 Å². The molecule has 4 heteroatoms. The minimum Gasteiger partial charge on any atom is -0.384 e. The number of hydrogen-bond donors (Lipinski definition) is 2. The highest BCUT2D eigenvalue weighted by Gasteiger charge is 2.25. The Balaban J connectivity index is 1.45. The van der Waals surface area contributed by atoms with Gasteiger partial charge in [0.25, 0.3) is 0 Å². The van der Waals surface area contributed by atoms with Crippen LogP contribution in [-0.2, 0) is 12.1 Å². The zero-order chi connectivity index (χ0) is 17.7. The molecule has 2 aromatic carbocycles. The maximum Gasteiger partial charge on any atom is 0.123 e. The molecule has 1 heterocycles. The number of likely N-dealkylation sites (tertiary alicyclic amines) is 1. The molecule has 0 aromatic heterocycles. The summed E-state index contributed by atoms with van der Waals surface area (Å²) in [6, 6.07) is 17.0. The fraction of sp³-hybridized carbons (Fsp3) is 0.429. The van der Waals surface area contributed by atoms with Crippen molar-refractivity contribution in [2.45, 2.75) is 38.0 Å². The molecule has 0 unspecified atom stereocenters. The van der Waals surface area contributed by atoms with E-state index in [9.17, 15) is 9.50 Å². The van der Waals surface area contributed by atoms with Gasteiger partial charge in [-0.05, 0) is 56.1 Å². The smallest absolute Gasteiger partial charge is 0.123 e. The first-order valence-corrected chi connectivity index (χ1v) is 9.01. The second-order valence-electron chi connectivity index (χ2n) is 7.20. The highest BCUT2D eigenvalue weighted by molar-refractivity contribution is 5.21. The van der Waals surface area contributed by atoms with E-state index in [2.05, 4.69) is 10.2 Å². The number of aliphatic hydroxyl groups is 1. The van der Waals surface area contributed by atoms with Crippen LogP contribution in [0.4, 0.5) is 4.39 Å². The predicted octanol–water partition coefficient (Wildman–Crippen LogP) is 3.29. The molecule has 0 radical (unpaired) electrons. The van der Waals surface area contributed by atoms with E-state index >= 15 is 0 Å². The number of hydrogen-bond acceptors (Lipinski definition) is 3. The first kappa shape index (κ1) is 18.1. The largest absolute Gasteiger partial charge is 0.384 e. The van der Waals surface area contributed by atoms with Crippen molar-refractivity contribution < 1.29 is 9.50 Å². The summed E-state index contributed by atoms with van der Waals surface area (Å²) >= 11 is 0. The molecule has 0 bridgehead atoms. The van der Waals surface area contributed by atoms with Gasteiger partial charge in [0.15, 0.2) is 0 Å². The summed E-state index contributed by atoms with van der Waals surface area (Å²) in [5.74, 6) is -0.169. The number of nitrogens with zero attached hydrogens (tertiary/aromatic N) is 1. The molecule has 1 fully saturated rings. The van der Waals surface area contributed by atoms with E-state index < -0.39 is 5.60 Å². The Hall–Kier alpha value is -1.75. The Morgan fingerprint density at radius 1 is 1.12 bits per heavy atom. The van der Waals surface area contributed by atoms with Crippen LogP contribution in [0, 0.1) is 5.82 Å². The van der Waals surface area contributed by atoms with Gasteiger partial charge in [-0.25, -0.2) is 4.39 Å². The third kappa shape index (κ3) is 5.11. The first-order chi connectivity index (χ1) is 12.0. The second kappa shape index (κ2) is 8.09. The van der Waals surface area contributed by atoms with Crippen LogP contribution < -0.4 is 5.32 Å². The van der Waals surface area contributed by atoms with E-state index in [-0.39, 0.29) is 5.82 Å². The summed E-state index contributed by atoms with van der Waals surface area (Å²) < 4.78 is 13.3. The van der Waals surface area contributed by atoms with E-state index in [1.54, 1.807) is 12.1 Å². The van der Waals surface area contributed by atoms with Crippen molar-refractivity contribution in [2.75, 3.05) is 19.6 Å². The maximum atomic E-state index is 13.3. The Morgan fingerprint density at radius 2 is 1.84 bits per heavy atom. The summed E-state index contributed by atoms with van der Waals surface area (Å²) in [5, 5.41) is 14.2. The van der Waals surface area contributed by atoms with Crippen LogP contribution in [0.25, 0.3) is 0 Å². The molecule has 25 heavy (non-hydrogen) atoms. The molecule has 0 saturated carbocycles. The number of rotatable bonds is 6. The van der Waals surface area contributed by atoms with Gasteiger partial charge in [-0.15, -0.1) is 0 Å². The van der Waals surface area contributed by atoms with Gasteiger partial charge in [0, 0.05) is 19.1 Å². The molecular formula is C21H27FN2O. The molecule has 3 rings (SSSR count). The third-order valence-corrected chi connectivity index (χ3v) is 5.01. The number of piperidine rings is 1. The van der Waals surface area contributed by atoms with Crippen LogP contribution in [0.3, 0.4) is 0 Å². The Morgan fingerprint density at radius 3 is 2.52 bits per heavy atom. The fourth-order valence-corrected chi connectivity index (χ4v) is 3.43. The molecule has 0 amide bonds. The second-order valence-corrected chi connectivity index (χ2v) is 7.20. The van der Waals surface area contributed by atoms with Crippen molar-refractivity contribution in [2.24, 2.45) is 0 Å². The predicted molar refractivity (Wildman–Crippen MR) is 98.7 cm³/mol. The van der Waals surface area contributed by atoms with Crippen molar-refractivity contribution in [3.05, 3.63) is 71.5 Å². The van der Waals surface area contributed by atoms with Gasteiger partial charge in [-0.2, -0.15) is 0 Å². The summed E-state index contributed by atoms with van der Waals surface area (Å²) in [6.07, 6.45) is 2.08. The van der Waals surface area contributed by atoms with Gasteiger partial charge in [0.1, 0.15) is 5.82 Å². The minimum atomic E-state index is -0.861. The lowest BCUT2D eigenvalue weighted by molar-refractivity contribution is 0.0499. The standard InChI is InChI=1S/C21H27FN2O/c1-21(25,18-7-3-2-4-8-18)16-23-20-10-12-24(13-11-20)15-17-6-5-9-19(22)14-17/h2-9,14,20,23,25H,10-13,15-16H2,1H3/t21-/m0/s1. The molecular weight excluding hydrogens is 315 g/mol. The molecule has 2 aromatic rings. The highest BCUT2D eigenvalue weighted by atomic mass is 19.1. The van der Waals surface area contributed by atoms with E-state index in [1.807, 2.05) is 43.3 Å². The van der Waals surface area contributed by atoms with Crippen LogP contribution in [0.5, 0.6) is 0 Å². The molecule has 1 saturated heterocycles. The number of nitrogens with one attached hydrogen (secondary N) is 1. The van der Waals surface area contributed by atoms with Crippen molar-refractivity contribution >= 4 is 0 Å². The molecule has 0 spiro atoms. The van der Waals surface area contributed by atoms with E-state index in [0.29, 0.717) is 12.6 Å². The monoisotopic (exact) mass is 342 g/mol. The Labute approximate surface area is 149 Å². The van der Waals surface area contributed by atoms with Gasteiger partial charge < -0.3 is 10.4 Å². The van der Waals surface area contributed by atoms with Crippen molar-refractivity contribution in [1.82, 2.24) is 10.2 Å². The summed E-state index contributed by atoms with van der Waals surface area (Å²) in [6.45, 7) is 5.18. The van der Waals surface area contributed by atoms with Gasteiger partial charge in [-0.1, -0.05) is 42.5 Å². The van der Waals surface area contributed by atoms with Gasteiger partial charge in [0.05, 0.1) is 5.60 Å². The first-order valence-electron chi connectivity index (χ1n) is 9.01. The number of benzene rings is 2. The average Bonchev–Trinajstić information content (AvgIpc) is 2.62. The summed E-state index contributed by atoms with van der Waals surface area (Å²) in [5.41, 5.74) is 1.10. The maximum absolute atomic E-state index is 13.3. The van der Waals surface area contributed by atoms with E-state index in [0.717, 1.165) is 43.6 Å². The highest BCUT2D eigenvalue weighted by Crippen LogP contribution is 2.21. The molecule has 134 valence electrons. The van der Waals surface area contributed by atoms with Crippen LogP contribution in [0.15, 0.2) is 54.6 Å². The van der Waals surface area contributed by atoms with Crippen molar-refractivity contribution in [1.29, 1.82) is 0 Å². The molecule has 0 aliphatic carbocycles. The average molecular weight is 342 g/mol. The lowest BCUT2D eigenvalue weighted by Crippen LogP contribution is -2.46. The third-order valence-electron chi connectivity index (χ3n) is 5.01. The normalized spacial score (nSPS) is 18.8. The van der Waals surface area contributed by atoms with E-state index in [4.69, 9.17) is 0 Å². The molecule has 1 aliphatic heterocycles. The van der Waals surface area contributed by atoms with Crippen LogP contribution in [0.2, 0.25) is 0 Å². The molecule has 1 aliphatic rings. The summed E-state index contributed by atoms with van der Waals surface area (Å²) in [7, 11) is 0.